The van der Waals surface area contributed by atoms with Crippen LogP contribution in [0.25, 0.3) is 0 Å². The molecular formula is C23H26FN3O4. The van der Waals surface area contributed by atoms with Crippen molar-refractivity contribution in [2.24, 2.45) is 0 Å². The number of ether oxygens (including phenoxy) is 1. The van der Waals surface area contributed by atoms with Gasteiger partial charge in [-0.2, -0.15) is 0 Å². The number of carbonyl (C=O) groups excluding carboxylic acids is 3. The first-order chi connectivity index (χ1) is 14.9. The van der Waals surface area contributed by atoms with Gasteiger partial charge < -0.3 is 19.9 Å². The van der Waals surface area contributed by atoms with Gasteiger partial charge in [0.1, 0.15) is 5.82 Å². The topological polar surface area (TPSA) is 78.9 Å². The van der Waals surface area contributed by atoms with E-state index in [0.29, 0.717) is 31.7 Å². The van der Waals surface area contributed by atoms with Crippen molar-refractivity contribution in [2.75, 3.05) is 44.2 Å². The lowest BCUT2D eigenvalue weighted by atomic mass is 10.1. The number of amides is 2. The number of hydrogen-bond acceptors (Lipinski definition) is 5. The molecular weight excluding hydrogens is 401 g/mol. The molecule has 1 aliphatic rings. The van der Waals surface area contributed by atoms with Crippen molar-refractivity contribution in [3.8, 4) is 0 Å². The van der Waals surface area contributed by atoms with E-state index in [0.717, 1.165) is 11.3 Å². The molecule has 1 N–H and O–H groups in total. The maximum absolute atomic E-state index is 13.0. The molecule has 31 heavy (non-hydrogen) atoms. The van der Waals surface area contributed by atoms with Gasteiger partial charge in [-0.15, -0.1) is 0 Å². The summed E-state index contributed by atoms with van der Waals surface area (Å²) in [6.07, 6.45) is -0.0107. The first-order valence-electron chi connectivity index (χ1n) is 10.2. The predicted octanol–water partition coefficient (Wildman–Crippen LogP) is 2.15. The van der Waals surface area contributed by atoms with E-state index >= 15 is 0 Å². The Balaban J connectivity index is 1.34. The number of benzene rings is 2. The second-order valence-corrected chi connectivity index (χ2v) is 7.33. The monoisotopic (exact) mass is 427 g/mol. The normalized spacial score (nSPS) is 13.6. The Hall–Kier alpha value is -3.42. The maximum Gasteiger partial charge on any atom is 0.308 e. The van der Waals surface area contributed by atoms with Gasteiger partial charge in [-0.3, -0.25) is 14.4 Å². The molecule has 8 heteroatoms. The Morgan fingerprint density at radius 3 is 2.35 bits per heavy atom. The minimum Gasteiger partial charge on any atom is -0.456 e. The average molecular weight is 427 g/mol. The lowest BCUT2D eigenvalue weighted by molar-refractivity contribution is -0.152. The minimum absolute atomic E-state index is 0.0107. The number of rotatable bonds is 7. The van der Waals surface area contributed by atoms with E-state index < -0.39 is 5.97 Å². The van der Waals surface area contributed by atoms with Gasteiger partial charge in [0.05, 0.1) is 6.42 Å². The fourth-order valence-electron chi connectivity index (χ4n) is 3.37. The molecule has 2 aromatic rings. The number of esters is 1. The zero-order valence-electron chi connectivity index (χ0n) is 17.5. The number of nitrogens with zero attached hydrogens (tertiary/aromatic N) is 2. The van der Waals surface area contributed by atoms with Gasteiger partial charge in [-0.05, 0) is 42.8 Å². The highest BCUT2D eigenvalue weighted by Crippen LogP contribution is 2.17. The third kappa shape index (κ3) is 6.28. The lowest BCUT2D eigenvalue weighted by Gasteiger charge is -2.36. The fourth-order valence-corrected chi connectivity index (χ4v) is 3.37. The Morgan fingerprint density at radius 1 is 1.00 bits per heavy atom. The summed E-state index contributed by atoms with van der Waals surface area (Å²) in [6, 6.07) is 13.4. The maximum atomic E-state index is 13.0. The molecule has 3 rings (SSSR count). The number of anilines is 1. The van der Waals surface area contributed by atoms with E-state index in [9.17, 15) is 18.8 Å². The third-order valence-corrected chi connectivity index (χ3v) is 5.19. The van der Waals surface area contributed by atoms with Gasteiger partial charge in [0, 0.05) is 44.0 Å². The molecule has 0 bridgehead atoms. The summed E-state index contributed by atoms with van der Waals surface area (Å²) in [6.45, 7) is 3.90. The van der Waals surface area contributed by atoms with Crippen LogP contribution in [0.5, 0.6) is 0 Å². The molecule has 0 radical (unpaired) electrons. The van der Waals surface area contributed by atoms with Gasteiger partial charge >= 0.3 is 5.97 Å². The average Bonchev–Trinajstić information content (AvgIpc) is 2.78. The van der Waals surface area contributed by atoms with Crippen molar-refractivity contribution >= 4 is 23.5 Å². The highest BCUT2D eigenvalue weighted by atomic mass is 19.1. The van der Waals surface area contributed by atoms with Crippen molar-refractivity contribution in [2.45, 2.75) is 13.3 Å². The molecule has 7 nitrogen and oxygen atoms in total. The van der Waals surface area contributed by atoms with Crippen LogP contribution in [0.15, 0.2) is 48.5 Å². The van der Waals surface area contributed by atoms with Crippen LogP contribution < -0.4 is 10.2 Å². The lowest BCUT2D eigenvalue weighted by Crippen LogP contribution is -2.50. The number of aryl methyl sites for hydroxylation is 1. The van der Waals surface area contributed by atoms with Gasteiger partial charge in [-0.1, -0.05) is 18.2 Å². The molecule has 1 saturated heterocycles. The fraction of sp³-hybridized carbons (Fsp3) is 0.348. The smallest absolute Gasteiger partial charge is 0.308 e. The highest BCUT2D eigenvalue weighted by molar-refractivity contribution is 5.95. The molecule has 0 atom stereocenters. The summed E-state index contributed by atoms with van der Waals surface area (Å²) < 4.78 is 18.1. The third-order valence-electron chi connectivity index (χ3n) is 5.19. The zero-order chi connectivity index (χ0) is 22.2. The molecule has 0 spiro atoms. The van der Waals surface area contributed by atoms with Gasteiger partial charge in [0.25, 0.3) is 11.8 Å². The van der Waals surface area contributed by atoms with Crippen LogP contribution in [0.4, 0.5) is 10.1 Å². The van der Waals surface area contributed by atoms with Crippen molar-refractivity contribution in [1.82, 2.24) is 10.2 Å². The second kappa shape index (κ2) is 10.6. The summed E-state index contributed by atoms with van der Waals surface area (Å²) in [5.74, 6) is -1.32. The van der Waals surface area contributed by atoms with E-state index in [1.54, 1.807) is 29.2 Å². The van der Waals surface area contributed by atoms with E-state index in [4.69, 9.17) is 4.74 Å². The zero-order valence-corrected chi connectivity index (χ0v) is 17.5. The first kappa shape index (κ1) is 22.3. The second-order valence-electron chi connectivity index (χ2n) is 7.33. The first-order valence-corrected chi connectivity index (χ1v) is 10.2. The number of carbonyl (C=O) groups is 3. The van der Waals surface area contributed by atoms with Crippen LogP contribution in [0, 0.1) is 12.7 Å². The highest BCUT2D eigenvalue weighted by Gasteiger charge is 2.22. The molecule has 0 aliphatic carbocycles. The van der Waals surface area contributed by atoms with Crippen LogP contribution in [-0.2, 0) is 14.3 Å². The van der Waals surface area contributed by atoms with Crippen molar-refractivity contribution < 1.29 is 23.5 Å². The largest absolute Gasteiger partial charge is 0.456 e. The SMILES string of the molecule is Cc1ccccc1C(=O)NCCC(=O)OCC(=O)N1CCN(c2ccc(F)cc2)CC1. The molecule has 1 aliphatic heterocycles. The van der Waals surface area contributed by atoms with Gasteiger partial charge in [-0.25, -0.2) is 4.39 Å². The molecule has 2 amide bonds. The summed E-state index contributed by atoms with van der Waals surface area (Å²) in [5.41, 5.74) is 2.33. The molecule has 1 heterocycles. The summed E-state index contributed by atoms with van der Waals surface area (Å²) in [7, 11) is 0. The van der Waals surface area contributed by atoms with Gasteiger partial charge in [0.15, 0.2) is 6.61 Å². The molecule has 0 unspecified atom stereocenters. The van der Waals surface area contributed by atoms with Gasteiger partial charge in [0.2, 0.25) is 0 Å². The Labute approximate surface area is 180 Å². The Kier molecular flexibility index (Phi) is 7.59. The molecule has 164 valence electrons. The summed E-state index contributed by atoms with van der Waals surface area (Å²) >= 11 is 0. The number of hydrogen-bond donors (Lipinski definition) is 1. The molecule has 0 aromatic heterocycles. The molecule has 2 aromatic carbocycles. The number of halogens is 1. The minimum atomic E-state index is -0.539. The van der Waals surface area contributed by atoms with Crippen molar-refractivity contribution in [3.63, 3.8) is 0 Å². The van der Waals surface area contributed by atoms with Crippen LogP contribution in [0.3, 0.4) is 0 Å². The summed E-state index contributed by atoms with van der Waals surface area (Å²) in [4.78, 5) is 40.0. The molecule has 1 fully saturated rings. The Morgan fingerprint density at radius 2 is 1.68 bits per heavy atom. The summed E-state index contributed by atoms with van der Waals surface area (Å²) in [5, 5.41) is 2.68. The molecule has 0 saturated carbocycles. The van der Waals surface area contributed by atoms with Crippen LogP contribution >= 0.6 is 0 Å². The quantitative estimate of drug-likeness (QED) is 0.685. The van der Waals surface area contributed by atoms with E-state index in [-0.39, 0.29) is 37.2 Å². The van der Waals surface area contributed by atoms with E-state index in [1.165, 1.54) is 12.1 Å². The van der Waals surface area contributed by atoms with Crippen molar-refractivity contribution in [1.29, 1.82) is 0 Å². The predicted molar refractivity (Wildman–Crippen MR) is 114 cm³/mol. The Bertz CT molecular complexity index is 925. The van der Waals surface area contributed by atoms with E-state index in [1.807, 2.05) is 19.1 Å². The van der Waals surface area contributed by atoms with Crippen LogP contribution in [-0.4, -0.2) is 62.0 Å². The van der Waals surface area contributed by atoms with Crippen LogP contribution in [0.2, 0.25) is 0 Å². The van der Waals surface area contributed by atoms with Crippen LogP contribution in [0.1, 0.15) is 22.3 Å². The van der Waals surface area contributed by atoms with Crippen molar-refractivity contribution in [3.05, 3.63) is 65.5 Å². The standard InChI is InChI=1S/C23H26FN3O4/c1-17-4-2-3-5-20(17)23(30)25-11-10-22(29)31-16-21(28)27-14-12-26(13-15-27)19-8-6-18(24)7-9-19/h2-9H,10-16H2,1H3,(H,25,30). The number of nitrogens with one attached hydrogen (secondary N) is 1. The number of piperazine rings is 1. The van der Waals surface area contributed by atoms with E-state index in [2.05, 4.69) is 10.2 Å².